The molecule has 2 heterocycles. The van der Waals surface area contributed by atoms with Crippen LogP contribution in [0.3, 0.4) is 0 Å². The average Bonchev–Trinajstić information content (AvgIpc) is 3.43. The topological polar surface area (TPSA) is 81.9 Å². The van der Waals surface area contributed by atoms with Crippen molar-refractivity contribution in [1.82, 2.24) is 25.1 Å². The van der Waals surface area contributed by atoms with Gasteiger partial charge in [-0.3, -0.25) is 14.3 Å². The summed E-state index contributed by atoms with van der Waals surface area (Å²) in [4.78, 5) is 16.3. The van der Waals surface area contributed by atoms with Gasteiger partial charge in [-0.1, -0.05) is 11.8 Å². The van der Waals surface area contributed by atoms with Crippen molar-refractivity contribution >= 4 is 17.7 Å². The summed E-state index contributed by atoms with van der Waals surface area (Å²) in [6.07, 6.45) is 5.62. The Morgan fingerprint density at radius 3 is 2.75 bits per heavy atom. The summed E-state index contributed by atoms with van der Waals surface area (Å²) in [5, 5.41) is 12.4. The quantitative estimate of drug-likeness (QED) is 0.590. The number of benzene rings is 1. The average molecular weight is 395 g/mol. The van der Waals surface area contributed by atoms with Crippen LogP contribution in [-0.2, 0) is 4.79 Å². The number of rotatable bonds is 8. The molecule has 1 fully saturated rings. The standard InChI is InChI=1S/C20H21N5O2S/c1-2-27-17-9-7-16(8-10-17)25-19(14-4-3-11-21-12-14)23-24-20(25)28-13-18(26)22-15-5-6-15/h3-4,7-12,15H,2,5-6,13H2,1H3,(H,22,26). The molecule has 0 atom stereocenters. The second-order valence-electron chi connectivity index (χ2n) is 6.44. The molecule has 1 aromatic carbocycles. The summed E-state index contributed by atoms with van der Waals surface area (Å²) < 4.78 is 7.48. The minimum absolute atomic E-state index is 0.0247. The van der Waals surface area contributed by atoms with E-state index in [0.717, 1.165) is 29.8 Å². The second-order valence-corrected chi connectivity index (χ2v) is 7.38. The van der Waals surface area contributed by atoms with Crippen LogP contribution in [0.4, 0.5) is 0 Å². The van der Waals surface area contributed by atoms with Crippen LogP contribution in [0.15, 0.2) is 53.9 Å². The van der Waals surface area contributed by atoms with Gasteiger partial charge in [-0.05, 0) is 56.2 Å². The van der Waals surface area contributed by atoms with Gasteiger partial charge < -0.3 is 10.1 Å². The summed E-state index contributed by atoms with van der Waals surface area (Å²) in [7, 11) is 0. The molecular weight excluding hydrogens is 374 g/mol. The van der Waals surface area contributed by atoms with Crippen LogP contribution in [0.2, 0.25) is 0 Å². The number of amides is 1. The van der Waals surface area contributed by atoms with Gasteiger partial charge in [0.05, 0.1) is 12.4 Å². The van der Waals surface area contributed by atoms with E-state index in [1.165, 1.54) is 11.8 Å². The molecule has 0 unspecified atom stereocenters. The molecule has 1 aliphatic carbocycles. The number of hydrogen-bond donors (Lipinski definition) is 1. The first-order chi connectivity index (χ1) is 13.7. The van der Waals surface area contributed by atoms with Crippen LogP contribution < -0.4 is 10.1 Å². The Kier molecular flexibility index (Phi) is 5.57. The van der Waals surface area contributed by atoms with Crippen LogP contribution in [0.1, 0.15) is 19.8 Å². The molecule has 0 aliphatic heterocycles. The van der Waals surface area contributed by atoms with Crippen molar-refractivity contribution in [2.45, 2.75) is 31.0 Å². The van der Waals surface area contributed by atoms with Crippen LogP contribution in [0.25, 0.3) is 17.1 Å². The molecule has 0 radical (unpaired) electrons. The molecule has 4 rings (SSSR count). The first-order valence-electron chi connectivity index (χ1n) is 9.26. The van der Waals surface area contributed by atoms with Crippen molar-refractivity contribution in [2.24, 2.45) is 0 Å². The van der Waals surface area contributed by atoms with E-state index in [2.05, 4.69) is 20.5 Å². The minimum atomic E-state index is 0.0247. The first-order valence-corrected chi connectivity index (χ1v) is 10.2. The molecule has 1 aliphatic rings. The van der Waals surface area contributed by atoms with Crippen LogP contribution in [0.5, 0.6) is 5.75 Å². The fourth-order valence-corrected chi connectivity index (χ4v) is 3.53. The molecule has 0 bridgehead atoms. The molecule has 1 amide bonds. The van der Waals surface area contributed by atoms with Gasteiger partial charge in [0.25, 0.3) is 0 Å². The molecule has 1 N–H and O–H groups in total. The molecular formula is C20H21N5O2S. The zero-order chi connectivity index (χ0) is 19.3. The Labute approximate surface area is 167 Å². The summed E-state index contributed by atoms with van der Waals surface area (Å²) in [6, 6.07) is 11.9. The number of nitrogens with zero attached hydrogens (tertiary/aromatic N) is 4. The van der Waals surface area contributed by atoms with Gasteiger partial charge in [0.2, 0.25) is 5.91 Å². The van der Waals surface area contributed by atoms with Crippen molar-refractivity contribution in [2.75, 3.05) is 12.4 Å². The fourth-order valence-electron chi connectivity index (χ4n) is 2.76. The highest BCUT2D eigenvalue weighted by atomic mass is 32.2. The normalized spacial score (nSPS) is 13.3. The second kappa shape index (κ2) is 8.43. The zero-order valence-electron chi connectivity index (χ0n) is 15.5. The number of carbonyl (C=O) groups excluding carboxylic acids is 1. The smallest absolute Gasteiger partial charge is 0.230 e. The number of aromatic nitrogens is 4. The van der Waals surface area contributed by atoms with Gasteiger partial charge in [0.15, 0.2) is 11.0 Å². The lowest BCUT2D eigenvalue weighted by molar-refractivity contribution is -0.118. The maximum absolute atomic E-state index is 12.1. The third-order valence-corrected chi connectivity index (χ3v) is 5.16. The Balaban J connectivity index is 1.63. The van der Waals surface area contributed by atoms with Crippen molar-refractivity contribution < 1.29 is 9.53 Å². The van der Waals surface area contributed by atoms with Crippen molar-refractivity contribution in [1.29, 1.82) is 0 Å². The van der Waals surface area contributed by atoms with E-state index in [1.54, 1.807) is 12.4 Å². The molecule has 1 saturated carbocycles. The van der Waals surface area contributed by atoms with Crippen molar-refractivity contribution in [3.05, 3.63) is 48.8 Å². The molecule has 7 nitrogen and oxygen atoms in total. The summed E-state index contributed by atoms with van der Waals surface area (Å²) in [5.41, 5.74) is 1.76. The maximum Gasteiger partial charge on any atom is 0.230 e. The number of ether oxygens (including phenoxy) is 1. The number of carbonyl (C=O) groups is 1. The van der Waals surface area contributed by atoms with Gasteiger partial charge in [-0.15, -0.1) is 10.2 Å². The molecule has 3 aromatic rings. The van der Waals surface area contributed by atoms with Gasteiger partial charge in [0, 0.05) is 29.7 Å². The summed E-state index contributed by atoms with van der Waals surface area (Å²) >= 11 is 1.38. The molecule has 0 spiro atoms. The van der Waals surface area contributed by atoms with E-state index in [4.69, 9.17) is 4.74 Å². The minimum Gasteiger partial charge on any atom is -0.494 e. The van der Waals surface area contributed by atoms with Crippen LogP contribution in [0, 0.1) is 0 Å². The monoisotopic (exact) mass is 395 g/mol. The lowest BCUT2D eigenvalue weighted by Crippen LogP contribution is -2.27. The highest BCUT2D eigenvalue weighted by Crippen LogP contribution is 2.28. The fraction of sp³-hybridized carbons (Fsp3) is 0.300. The van der Waals surface area contributed by atoms with Gasteiger partial charge in [-0.2, -0.15) is 0 Å². The van der Waals surface area contributed by atoms with E-state index in [9.17, 15) is 4.79 Å². The first kappa shape index (κ1) is 18.5. The maximum atomic E-state index is 12.1. The van der Waals surface area contributed by atoms with Crippen molar-refractivity contribution in [3.63, 3.8) is 0 Å². The van der Waals surface area contributed by atoms with Gasteiger partial charge >= 0.3 is 0 Å². The lowest BCUT2D eigenvalue weighted by atomic mass is 10.2. The third kappa shape index (κ3) is 4.33. The SMILES string of the molecule is CCOc1ccc(-n2c(SCC(=O)NC3CC3)nnc2-c2cccnc2)cc1. The Morgan fingerprint density at radius 1 is 1.25 bits per heavy atom. The van der Waals surface area contributed by atoms with E-state index in [-0.39, 0.29) is 5.91 Å². The number of nitrogens with one attached hydrogen (secondary N) is 1. The molecule has 144 valence electrons. The Hall–Kier alpha value is -2.87. The molecule has 28 heavy (non-hydrogen) atoms. The summed E-state index contributed by atoms with van der Waals surface area (Å²) in [5.74, 6) is 1.82. The van der Waals surface area contributed by atoms with E-state index in [0.29, 0.717) is 29.4 Å². The van der Waals surface area contributed by atoms with E-state index < -0.39 is 0 Å². The van der Waals surface area contributed by atoms with Crippen LogP contribution >= 0.6 is 11.8 Å². The highest BCUT2D eigenvalue weighted by Gasteiger charge is 2.24. The van der Waals surface area contributed by atoms with Gasteiger partial charge in [0.1, 0.15) is 5.75 Å². The highest BCUT2D eigenvalue weighted by molar-refractivity contribution is 7.99. The summed E-state index contributed by atoms with van der Waals surface area (Å²) in [6.45, 7) is 2.57. The molecule has 0 saturated heterocycles. The predicted octanol–water partition coefficient (Wildman–Crippen LogP) is 3.10. The number of thioether (sulfide) groups is 1. The number of pyridine rings is 1. The Bertz CT molecular complexity index is 939. The predicted molar refractivity (Wildman–Crippen MR) is 108 cm³/mol. The zero-order valence-corrected chi connectivity index (χ0v) is 16.4. The van der Waals surface area contributed by atoms with Gasteiger partial charge in [-0.25, -0.2) is 0 Å². The lowest BCUT2D eigenvalue weighted by Gasteiger charge is -2.11. The molecule has 8 heteroatoms. The Morgan fingerprint density at radius 2 is 2.07 bits per heavy atom. The van der Waals surface area contributed by atoms with E-state index >= 15 is 0 Å². The van der Waals surface area contributed by atoms with Crippen LogP contribution in [-0.4, -0.2) is 44.1 Å². The largest absolute Gasteiger partial charge is 0.494 e. The molecule has 2 aromatic heterocycles. The third-order valence-electron chi connectivity index (χ3n) is 4.23. The van der Waals surface area contributed by atoms with Crippen molar-refractivity contribution in [3.8, 4) is 22.8 Å². The number of hydrogen-bond acceptors (Lipinski definition) is 6. The van der Waals surface area contributed by atoms with E-state index in [1.807, 2.05) is 47.9 Å².